The topological polar surface area (TPSA) is 54.4 Å². The van der Waals surface area contributed by atoms with E-state index in [-0.39, 0.29) is 5.75 Å². The maximum absolute atomic E-state index is 10.1. The van der Waals surface area contributed by atoms with Crippen LogP contribution in [0.25, 0.3) is 0 Å². The van der Waals surface area contributed by atoms with Crippen molar-refractivity contribution in [1.82, 2.24) is 4.98 Å². The summed E-state index contributed by atoms with van der Waals surface area (Å²) in [5.41, 5.74) is 2.76. The maximum Gasteiger partial charge on any atom is 0.162 e. The number of aromatic nitrogens is 1. The van der Waals surface area contributed by atoms with Crippen molar-refractivity contribution in [2.24, 2.45) is 0 Å². The molecule has 2 aromatic rings. The summed E-state index contributed by atoms with van der Waals surface area (Å²) >= 11 is 3.37. The molecule has 4 nitrogen and oxygen atoms in total. The number of phenolic OH excluding ortho intramolecular Hbond substituents is 1. The van der Waals surface area contributed by atoms with Crippen LogP contribution in [0.3, 0.4) is 0 Å². The van der Waals surface area contributed by atoms with E-state index in [9.17, 15) is 5.11 Å². The van der Waals surface area contributed by atoms with E-state index < -0.39 is 0 Å². The van der Waals surface area contributed by atoms with Crippen molar-refractivity contribution >= 4 is 21.6 Å². The first-order valence-corrected chi connectivity index (χ1v) is 7.20. The molecule has 0 unspecified atom stereocenters. The highest BCUT2D eigenvalue weighted by Gasteiger charge is 2.07. The number of aromatic hydroxyl groups is 1. The molecule has 0 aliphatic rings. The Morgan fingerprint density at radius 3 is 2.90 bits per heavy atom. The number of nitrogens with zero attached hydrogens (tertiary/aromatic N) is 1. The van der Waals surface area contributed by atoms with E-state index in [4.69, 9.17) is 4.74 Å². The number of benzene rings is 1. The van der Waals surface area contributed by atoms with Crippen molar-refractivity contribution < 1.29 is 9.84 Å². The second-order valence-corrected chi connectivity index (χ2v) is 5.13. The van der Waals surface area contributed by atoms with Crippen molar-refractivity contribution in [1.29, 1.82) is 0 Å². The van der Waals surface area contributed by atoms with Gasteiger partial charge in [0, 0.05) is 12.1 Å². The van der Waals surface area contributed by atoms with Gasteiger partial charge >= 0.3 is 0 Å². The normalized spacial score (nSPS) is 10.3. The lowest BCUT2D eigenvalue weighted by Gasteiger charge is -2.12. The fourth-order valence-corrected chi connectivity index (χ4v) is 2.05. The molecular formula is C15H17BrN2O2. The van der Waals surface area contributed by atoms with Gasteiger partial charge in [-0.2, -0.15) is 0 Å². The zero-order chi connectivity index (χ0) is 14.5. The summed E-state index contributed by atoms with van der Waals surface area (Å²) in [5.74, 6) is 0.695. The van der Waals surface area contributed by atoms with Gasteiger partial charge in [-0.1, -0.05) is 12.1 Å². The minimum Gasteiger partial charge on any atom is -0.504 e. The molecular weight excluding hydrogens is 320 g/mol. The molecule has 0 amide bonds. The number of hydrogen-bond acceptors (Lipinski definition) is 4. The fourth-order valence-electron chi connectivity index (χ4n) is 1.83. The second kappa shape index (κ2) is 6.61. The van der Waals surface area contributed by atoms with Crippen LogP contribution >= 0.6 is 15.9 Å². The SMILES string of the molecule is CCOc1cccc(CNc2cnc(Br)c(C)c2)c1O. The van der Waals surface area contributed by atoms with E-state index >= 15 is 0 Å². The van der Waals surface area contributed by atoms with Gasteiger partial charge in [0.25, 0.3) is 0 Å². The minimum absolute atomic E-state index is 0.184. The predicted molar refractivity (Wildman–Crippen MR) is 83.3 cm³/mol. The molecule has 0 aliphatic heterocycles. The summed E-state index contributed by atoms with van der Waals surface area (Å²) in [6.07, 6.45) is 1.75. The van der Waals surface area contributed by atoms with Gasteiger partial charge in [0.15, 0.2) is 11.5 Å². The molecule has 2 N–H and O–H groups in total. The molecule has 0 saturated heterocycles. The quantitative estimate of drug-likeness (QED) is 0.814. The van der Waals surface area contributed by atoms with Gasteiger partial charge in [0.1, 0.15) is 4.60 Å². The Kier molecular flexibility index (Phi) is 4.84. The fraction of sp³-hybridized carbons (Fsp3) is 0.267. The standard InChI is InChI=1S/C15H17BrN2O2/c1-3-20-13-6-4-5-11(14(13)19)8-17-12-7-10(2)15(16)18-9-12/h4-7,9,17,19H,3,8H2,1-2H3. The van der Waals surface area contributed by atoms with Crippen LogP contribution in [0, 0.1) is 6.92 Å². The molecule has 0 saturated carbocycles. The Balaban J connectivity index is 2.10. The molecule has 0 spiro atoms. The average molecular weight is 337 g/mol. The largest absolute Gasteiger partial charge is 0.504 e. The zero-order valence-electron chi connectivity index (χ0n) is 11.5. The molecule has 1 heterocycles. The van der Waals surface area contributed by atoms with Gasteiger partial charge in [0.05, 0.1) is 18.5 Å². The van der Waals surface area contributed by atoms with Crippen LogP contribution in [-0.4, -0.2) is 16.7 Å². The number of rotatable bonds is 5. The first-order chi connectivity index (χ1) is 9.61. The van der Waals surface area contributed by atoms with Gasteiger partial charge in [-0.05, 0) is 47.5 Å². The lowest BCUT2D eigenvalue weighted by atomic mass is 10.2. The number of anilines is 1. The Morgan fingerprint density at radius 1 is 1.40 bits per heavy atom. The van der Waals surface area contributed by atoms with Gasteiger partial charge in [-0.25, -0.2) is 4.98 Å². The summed E-state index contributed by atoms with van der Waals surface area (Å²) in [5, 5.41) is 13.3. The monoisotopic (exact) mass is 336 g/mol. The summed E-state index contributed by atoms with van der Waals surface area (Å²) in [7, 11) is 0. The molecule has 2 rings (SSSR count). The third-order valence-electron chi connectivity index (χ3n) is 2.88. The summed E-state index contributed by atoms with van der Waals surface area (Å²) < 4.78 is 6.21. The number of halogens is 1. The molecule has 0 atom stereocenters. The average Bonchev–Trinajstić information content (AvgIpc) is 2.44. The van der Waals surface area contributed by atoms with Crippen LogP contribution in [0.1, 0.15) is 18.1 Å². The van der Waals surface area contributed by atoms with Gasteiger partial charge in [-0.3, -0.25) is 0 Å². The molecule has 0 aliphatic carbocycles. The number of nitrogens with one attached hydrogen (secondary N) is 1. The molecule has 1 aromatic heterocycles. The summed E-state index contributed by atoms with van der Waals surface area (Å²) in [4.78, 5) is 4.23. The van der Waals surface area contributed by atoms with Crippen LogP contribution in [0.15, 0.2) is 35.1 Å². The third-order valence-corrected chi connectivity index (χ3v) is 3.71. The van der Waals surface area contributed by atoms with Crippen molar-refractivity contribution in [2.45, 2.75) is 20.4 Å². The Hall–Kier alpha value is -1.75. The molecule has 0 fully saturated rings. The van der Waals surface area contributed by atoms with E-state index in [0.29, 0.717) is 18.9 Å². The second-order valence-electron chi connectivity index (χ2n) is 4.38. The summed E-state index contributed by atoms with van der Waals surface area (Å²) in [6.45, 7) is 4.91. The highest BCUT2D eigenvalue weighted by atomic mass is 79.9. The lowest BCUT2D eigenvalue weighted by Crippen LogP contribution is -2.02. The number of pyridine rings is 1. The highest BCUT2D eigenvalue weighted by Crippen LogP contribution is 2.30. The molecule has 5 heteroatoms. The van der Waals surface area contributed by atoms with Crippen LogP contribution in [0.4, 0.5) is 5.69 Å². The van der Waals surface area contributed by atoms with Gasteiger partial charge < -0.3 is 15.2 Å². The van der Waals surface area contributed by atoms with Crippen LogP contribution in [-0.2, 0) is 6.54 Å². The van der Waals surface area contributed by atoms with E-state index in [2.05, 4.69) is 26.2 Å². The first-order valence-electron chi connectivity index (χ1n) is 6.41. The summed E-state index contributed by atoms with van der Waals surface area (Å²) in [6, 6.07) is 7.49. The number of hydrogen-bond donors (Lipinski definition) is 2. The molecule has 0 radical (unpaired) electrons. The number of ether oxygens (including phenoxy) is 1. The molecule has 0 bridgehead atoms. The van der Waals surface area contributed by atoms with Gasteiger partial charge in [-0.15, -0.1) is 0 Å². The Morgan fingerprint density at radius 2 is 2.20 bits per heavy atom. The van der Waals surface area contributed by atoms with E-state index in [1.165, 1.54) is 0 Å². The number of phenols is 1. The number of aryl methyl sites for hydroxylation is 1. The molecule has 20 heavy (non-hydrogen) atoms. The smallest absolute Gasteiger partial charge is 0.162 e. The zero-order valence-corrected chi connectivity index (χ0v) is 13.1. The highest BCUT2D eigenvalue weighted by molar-refractivity contribution is 9.10. The van der Waals surface area contributed by atoms with Crippen molar-refractivity contribution in [2.75, 3.05) is 11.9 Å². The van der Waals surface area contributed by atoms with Crippen LogP contribution in [0.2, 0.25) is 0 Å². The van der Waals surface area contributed by atoms with Crippen LogP contribution < -0.4 is 10.1 Å². The Bertz CT molecular complexity index is 602. The molecule has 106 valence electrons. The van der Waals surface area contributed by atoms with Gasteiger partial charge in [0.2, 0.25) is 0 Å². The number of para-hydroxylation sites is 1. The lowest BCUT2D eigenvalue weighted by molar-refractivity contribution is 0.317. The Labute approximate surface area is 126 Å². The van der Waals surface area contributed by atoms with Crippen LogP contribution in [0.5, 0.6) is 11.5 Å². The van der Waals surface area contributed by atoms with E-state index in [1.807, 2.05) is 32.0 Å². The maximum atomic E-state index is 10.1. The third kappa shape index (κ3) is 3.42. The predicted octanol–water partition coefficient (Wildman–Crippen LogP) is 3.87. The van der Waals surface area contributed by atoms with Crippen molar-refractivity contribution in [3.05, 3.63) is 46.2 Å². The van der Waals surface area contributed by atoms with E-state index in [0.717, 1.165) is 21.4 Å². The minimum atomic E-state index is 0.184. The van der Waals surface area contributed by atoms with Crippen molar-refractivity contribution in [3.63, 3.8) is 0 Å². The molecule has 1 aromatic carbocycles. The van der Waals surface area contributed by atoms with Crippen molar-refractivity contribution in [3.8, 4) is 11.5 Å². The van der Waals surface area contributed by atoms with E-state index in [1.54, 1.807) is 12.3 Å². The first kappa shape index (κ1) is 14.7.